The van der Waals surface area contributed by atoms with Crippen LogP contribution in [0.1, 0.15) is 29.4 Å². The molecule has 0 spiro atoms. The lowest BCUT2D eigenvalue weighted by atomic mass is 10.1. The number of ether oxygens (including phenoxy) is 2. The number of hydrogen-bond donors (Lipinski definition) is 2. The van der Waals surface area contributed by atoms with Gasteiger partial charge in [0.25, 0.3) is 5.91 Å². The molecule has 1 saturated heterocycles. The van der Waals surface area contributed by atoms with Crippen molar-refractivity contribution in [1.29, 1.82) is 0 Å². The molecule has 0 radical (unpaired) electrons. The number of fused-ring (bicyclic) bond motifs is 1. The molecule has 0 aliphatic carbocycles. The SMILES string of the molecule is COCCn1cc(-c2ccc(F)cc2)c(=O)c(C(=O)Nc2ccc(-c3nn(C4CCOCC4)c4ncnc(N)c34)cc2)n1. The van der Waals surface area contributed by atoms with E-state index in [1.807, 2.05) is 4.68 Å². The number of aromatic nitrogens is 6. The summed E-state index contributed by atoms with van der Waals surface area (Å²) < 4.78 is 27.5. The van der Waals surface area contributed by atoms with Gasteiger partial charge in [0, 0.05) is 43.3 Å². The molecule has 1 aliphatic rings. The van der Waals surface area contributed by atoms with Gasteiger partial charge in [0.05, 0.1) is 24.6 Å². The van der Waals surface area contributed by atoms with E-state index >= 15 is 0 Å². The number of halogens is 1. The predicted octanol–water partition coefficient (Wildman–Crippen LogP) is 3.69. The van der Waals surface area contributed by atoms with Gasteiger partial charge in [-0.05, 0) is 42.7 Å². The van der Waals surface area contributed by atoms with Gasteiger partial charge in [-0.2, -0.15) is 10.2 Å². The summed E-state index contributed by atoms with van der Waals surface area (Å²) in [6.07, 6.45) is 4.59. The first-order chi connectivity index (χ1) is 20.9. The molecular weight excluding hydrogens is 555 g/mol. The summed E-state index contributed by atoms with van der Waals surface area (Å²) in [6, 6.07) is 12.6. The van der Waals surface area contributed by atoms with Gasteiger partial charge in [-0.25, -0.2) is 19.0 Å². The first kappa shape index (κ1) is 28.1. The van der Waals surface area contributed by atoms with Crippen molar-refractivity contribution in [1.82, 2.24) is 29.5 Å². The summed E-state index contributed by atoms with van der Waals surface area (Å²) in [5.74, 6) is -0.787. The number of amides is 1. The van der Waals surface area contributed by atoms with E-state index in [2.05, 4.69) is 20.4 Å². The second-order valence-corrected chi connectivity index (χ2v) is 10.1. The van der Waals surface area contributed by atoms with E-state index in [1.54, 1.807) is 31.4 Å². The van der Waals surface area contributed by atoms with Crippen molar-refractivity contribution in [3.8, 4) is 22.4 Å². The summed E-state index contributed by atoms with van der Waals surface area (Å²) in [5, 5.41) is 12.5. The summed E-state index contributed by atoms with van der Waals surface area (Å²) >= 11 is 0. The van der Waals surface area contributed by atoms with Crippen LogP contribution in [0.15, 0.2) is 65.8 Å². The number of benzene rings is 2. The number of carbonyl (C=O) groups excluding carboxylic acids is 1. The van der Waals surface area contributed by atoms with Crippen molar-refractivity contribution in [2.45, 2.75) is 25.4 Å². The minimum absolute atomic E-state index is 0.129. The van der Waals surface area contributed by atoms with Crippen LogP contribution in [0.25, 0.3) is 33.4 Å². The van der Waals surface area contributed by atoms with Crippen molar-refractivity contribution in [2.75, 3.05) is 38.0 Å². The predicted molar refractivity (Wildman–Crippen MR) is 158 cm³/mol. The summed E-state index contributed by atoms with van der Waals surface area (Å²) in [4.78, 5) is 35.3. The maximum atomic E-state index is 13.5. The lowest BCUT2D eigenvalue weighted by Gasteiger charge is -2.22. The molecule has 0 bridgehead atoms. The number of hydrogen-bond acceptors (Lipinski definition) is 9. The molecule has 3 aromatic heterocycles. The van der Waals surface area contributed by atoms with E-state index in [9.17, 15) is 14.0 Å². The lowest BCUT2D eigenvalue weighted by Crippen LogP contribution is -2.28. The Bertz CT molecular complexity index is 1830. The van der Waals surface area contributed by atoms with Crippen molar-refractivity contribution in [3.63, 3.8) is 0 Å². The second kappa shape index (κ2) is 12.1. The van der Waals surface area contributed by atoms with E-state index in [4.69, 9.17) is 20.3 Å². The zero-order valence-corrected chi connectivity index (χ0v) is 23.4. The molecule has 0 saturated carbocycles. The molecule has 0 unspecified atom stereocenters. The van der Waals surface area contributed by atoms with Crippen LogP contribution in [-0.4, -0.2) is 62.4 Å². The van der Waals surface area contributed by atoms with Gasteiger partial charge >= 0.3 is 0 Å². The average molecular weight is 585 g/mol. The third-order valence-corrected chi connectivity index (χ3v) is 7.33. The molecule has 2 aromatic carbocycles. The van der Waals surface area contributed by atoms with Crippen LogP contribution >= 0.6 is 0 Å². The highest BCUT2D eigenvalue weighted by atomic mass is 19.1. The van der Waals surface area contributed by atoms with Gasteiger partial charge in [0.2, 0.25) is 5.43 Å². The van der Waals surface area contributed by atoms with Gasteiger partial charge in [-0.15, -0.1) is 0 Å². The molecule has 12 nitrogen and oxygen atoms in total. The molecule has 1 fully saturated rings. The van der Waals surface area contributed by atoms with Gasteiger partial charge in [-0.3, -0.25) is 14.3 Å². The zero-order chi connectivity index (χ0) is 29.9. The zero-order valence-electron chi connectivity index (χ0n) is 23.4. The Kier molecular flexibility index (Phi) is 7.90. The molecular formula is C30H29FN8O4. The smallest absolute Gasteiger partial charge is 0.280 e. The third kappa shape index (κ3) is 5.72. The monoisotopic (exact) mass is 584 g/mol. The molecule has 3 N–H and O–H groups in total. The number of carbonyl (C=O) groups is 1. The van der Waals surface area contributed by atoms with Gasteiger partial charge in [-0.1, -0.05) is 24.3 Å². The normalized spacial score (nSPS) is 13.8. The Morgan fingerprint density at radius 3 is 2.51 bits per heavy atom. The maximum Gasteiger partial charge on any atom is 0.280 e. The molecule has 5 aromatic rings. The Morgan fingerprint density at radius 1 is 1.07 bits per heavy atom. The number of rotatable bonds is 8. The highest BCUT2D eigenvalue weighted by Crippen LogP contribution is 2.34. The Balaban J connectivity index is 1.30. The fourth-order valence-electron chi connectivity index (χ4n) is 5.10. The molecule has 4 heterocycles. The van der Waals surface area contributed by atoms with E-state index in [0.717, 1.165) is 18.4 Å². The van der Waals surface area contributed by atoms with Gasteiger partial charge < -0.3 is 20.5 Å². The fourth-order valence-corrected chi connectivity index (χ4v) is 5.10. The first-order valence-electron chi connectivity index (χ1n) is 13.8. The van der Waals surface area contributed by atoms with Gasteiger partial charge in [0.15, 0.2) is 11.3 Å². The minimum atomic E-state index is -0.681. The Morgan fingerprint density at radius 2 is 1.79 bits per heavy atom. The molecule has 220 valence electrons. The molecule has 13 heteroatoms. The Labute approximate surface area is 245 Å². The Hall–Kier alpha value is -5.01. The number of nitrogens with zero attached hydrogens (tertiary/aromatic N) is 6. The van der Waals surface area contributed by atoms with Crippen LogP contribution in [0.2, 0.25) is 0 Å². The number of nitrogens with two attached hydrogens (primary N) is 1. The summed E-state index contributed by atoms with van der Waals surface area (Å²) in [6.45, 7) is 1.92. The molecule has 1 amide bonds. The standard InChI is InChI=1S/C30H29FN8O4/c1-42-15-12-38-16-23(18-2-6-20(31)7-3-18)27(40)26(36-38)30(41)35-21-8-4-19(5-9-21)25-24-28(32)33-17-34-29(24)39(37-25)22-10-13-43-14-11-22/h2-9,16-17,22H,10-15H2,1H3,(H,35,41)(H2,32,33,34). The van der Waals surface area contributed by atoms with Gasteiger partial charge in [0.1, 0.15) is 23.7 Å². The fraction of sp³-hybridized carbons (Fsp3) is 0.267. The molecule has 1 aliphatic heterocycles. The van der Waals surface area contributed by atoms with Crippen molar-refractivity contribution in [3.05, 3.63) is 82.8 Å². The van der Waals surface area contributed by atoms with E-state index in [1.165, 1.54) is 41.5 Å². The molecule has 43 heavy (non-hydrogen) atoms. The van der Waals surface area contributed by atoms with Crippen molar-refractivity contribution < 1.29 is 18.7 Å². The van der Waals surface area contributed by atoms with E-state index in [0.29, 0.717) is 60.2 Å². The van der Waals surface area contributed by atoms with E-state index in [-0.39, 0.29) is 17.3 Å². The van der Waals surface area contributed by atoms with Crippen molar-refractivity contribution >= 4 is 28.4 Å². The summed E-state index contributed by atoms with van der Waals surface area (Å²) in [7, 11) is 1.54. The number of nitrogen functional groups attached to an aromatic ring is 1. The van der Waals surface area contributed by atoms with Crippen LogP contribution in [0.5, 0.6) is 0 Å². The molecule has 0 atom stereocenters. The number of nitrogens with one attached hydrogen (secondary N) is 1. The third-order valence-electron chi connectivity index (χ3n) is 7.33. The quantitative estimate of drug-likeness (QED) is 0.278. The van der Waals surface area contributed by atoms with Crippen LogP contribution in [0.3, 0.4) is 0 Å². The van der Waals surface area contributed by atoms with E-state index < -0.39 is 17.2 Å². The minimum Gasteiger partial charge on any atom is -0.383 e. The van der Waals surface area contributed by atoms with Crippen LogP contribution < -0.4 is 16.5 Å². The topological polar surface area (TPSA) is 152 Å². The average Bonchev–Trinajstić information content (AvgIpc) is 3.43. The van der Waals surface area contributed by atoms with Crippen LogP contribution in [0, 0.1) is 5.82 Å². The van der Waals surface area contributed by atoms with Crippen LogP contribution in [0.4, 0.5) is 15.9 Å². The summed E-state index contributed by atoms with van der Waals surface area (Å²) in [5.41, 5.74) is 8.57. The maximum absolute atomic E-state index is 13.5. The second-order valence-electron chi connectivity index (χ2n) is 10.1. The van der Waals surface area contributed by atoms with Crippen molar-refractivity contribution in [2.24, 2.45) is 0 Å². The molecule has 6 rings (SSSR count). The van der Waals surface area contributed by atoms with Crippen LogP contribution in [-0.2, 0) is 16.0 Å². The number of anilines is 2. The highest BCUT2D eigenvalue weighted by Gasteiger charge is 2.24. The largest absolute Gasteiger partial charge is 0.383 e. The number of methoxy groups -OCH3 is 1. The lowest BCUT2D eigenvalue weighted by molar-refractivity contribution is 0.0674. The first-order valence-corrected chi connectivity index (χ1v) is 13.8. The highest BCUT2D eigenvalue weighted by molar-refractivity contribution is 6.03.